The first-order chi connectivity index (χ1) is 10.1. The number of pyridine rings is 1. The van der Waals surface area contributed by atoms with Gasteiger partial charge in [-0.15, -0.1) is 11.8 Å². The van der Waals surface area contributed by atoms with Gasteiger partial charge in [0, 0.05) is 23.8 Å². The van der Waals surface area contributed by atoms with Gasteiger partial charge < -0.3 is 10.2 Å². The molecule has 1 spiro atoms. The van der Waals surface area contributed by atoms with Crippen LogP contribution in [0.4, 0.5) is 4.79 Å². The van der Waals surface area contributed by atoms with Crippen molar-refractivity contribution in [1.82, 2.24) is 20.5 Å². The summed E-state index contributed by atoms with van der Waals surface area (Å²) in [7, 11) is 0. The molecule has 110 valence electrons. The van der Waals surface area contributed by atoms with E-state index in [1.807, 2.05) is 12.1 Å². The van der Waals surface area contributed by atoms with Crippen molar-refractivity contribution in [3.8, 4) is 0 Å². The van der Waals surface area contributed by atoms with Gasteiger partial charge in [-0.25, -0.2) is 4.79 Å². The lowest BCUT2D eigenvalue weighted by molar-refractivity contribution is -0.128. The summed E-state index contributed by atoms with van der Waals surface area (Å²) < 4.78 is 0. The van der Waals surface area contributed by atoms with Gasteiger partial charge in [-0.1, -0.05) is 0 Å². The van der Waals surface area contributed by atoms with E-state index in [2.05, 4.69) is 15.6 Å². The van der Waals surface area contributed by atoms with Crippen molar-refractivity contribution in [1.29, 1.82) is 0 Å². The summed E-state index contributed by atoms with van der Waals surface area (Å²) in [5.41, 5.74) is -0.936. The Bertz CT molecular complexity index is 594. The minimum atomic E-state index is -0.936. The third kappa shape index (κ3) is 2.71. The van der Waals surface area contributed by atoms with E-state index in [1.54, 1.807) is 17.3 Å². The number of hydrogen-bond acceptors (Lipinski definition) is 5. The largest absolute Gasteiger partial charge is 0.339 e. The second-order valence-corrected chi connectivity index (χ2v) is 6.08. The highest BCUT2D eigenvalue weighted by molar-refractivity contribution is 8.00. The first-order valence-corrected chi connectivity index (χ1v) is 7.52. The monoisotopic (exact) mass is 306 g/mol. The molecule has 2 fully saturated rings. The van der Waals surface area contributed by atoms with Crippen LogP contribution >= 0.6 is 11.8 Å². The number of likely N-dealkylation sites (tertiary alicyclic amines) is 1. The predicted octanol–water partition coefficient (Wildman–Crippen LogP) is -0.0158. The lowest BCUT2D eigenvalue weighted by atomic mass is 10.00. The van der Waals surface area contributed by atoms with E-state index < -0.39 is 11.6 Å². The van der Waals surface area contributed by atoms with Crippen molar-refractivity contribution in [2.24, 2.45) is 0 Å². The molecule has 0 aliphatic carbocycles. The topological polar surface area (TPSA) is 91.4 Å². The molecule has 1 atom stereocenters. The molecule has 7 nitrogen and oxygen atoms in total. The van der Waals surface area contributed by atoms with Crippen LogP contribution in [0, 0.1) is 0 Å². The van der Waals surface area contributed by atoms with E-state index in [0.717, 1.165) is 4.90 Å². The summed E-state index contributed by atoms with van der Waals surface area (Å²) in [6.07, 6.45) is 3.81. The molecule has 8 heteroatoms. The van der Waals surface area contributed by atoms with E-state index in [1.165, 1.54) is 11.8 Å². The highest BCUT2D eigenvalue weighted by atomic mass is 32.2. The number of carbonyl (C=O) groups is 3. The second-order valence-electron chi connectivity index (χ2n) is 5.03. The van der Waals surface area contributed by atoms with Crippen LogP contribution < -0.4 is 10.6 Å². The molecule has 0 bridgehead atoms. The SMILES string of the molecule is O=C1NC(=O)C2(CCN(C(=O)CSc3ccncc3)C2)N1. The van der Waals surface area contributed by atoms with Crippen LogP contribution in [0.5, 0.6) is 0 Å². The van der Waals surface area contributed by atoms with E-state index >= 15 is 0 Å². The molecule has 1 aromatic heterocycles. The smallest absolute Gasteiger partial charge is 0.322 e. The van der Waals surface area contributed by atoms with E-state index in [4.69, 9.17) is 0 Å². The maximum Gasteiger partial charge on any atom is 0.322 e. The van der Waals surface area contributed by atoms with Crippen LogP contribution in [0.3, 0.4) is 0 Å². The van der Waals surface area contributed by atoms with Crippen LogP contribution in [0.1, 0.15) is 6.42 Å². The van der Waals surface area contributed by atoms with Crippen molar-refractivity contribution < 1.29 is 14.4 Å². The number of imide groups is 1. The zero-order valence-corrected chi connectivity index (χ0v) is 12.0. The molecule has 0 saturated carbocycles. The Morgan fingerprint density at radius 2 is 2.14 bits per heavy atom. The number of rotatable bonds is 3. The molecule has 3 rings (SSSR count). The quantitative estimate of drug-likeness (QED) is 0.605. The van der Waals surface area contributed by atoms with E-state index in [9.17, 15) is 14.4 Å². The molecule has 3 heterocycles. The standard InChI is InChI=1S/C13H14N4O3S/c18-10(7-21-9-1-4-14-5-2-9)17-6-3-13(8-17)11(19)15-12(20)16-13/h1-2,4-5H,3,6-8H2,(H2,15,16,19,20). The molecule has 1 unspecified atom stereocenters. The Morgan fingerprint density at radius 3 is 2.81 bits per heavy atom. The maximum atomic E-state index is 12.2. The summed E-state index contributed by atoms with van der Waals surface area (Å²) in [6, 6.07) is 3.20. The van der Waals surface area contributed by atoms with Gasteiger partial charge in [-0.3, -0.25) is 19.9 Å². The minimum absolute atomic E-state index is 0.0392. The normalized spacial score (nSPS) is 24.3. The fraction of sp³-hybridized carbons (Fsp3) is 0.385. The Morgan fingerprint density at radius 1 is 1.38 bits per heavy atom. The maximum absolute atomic E-state index is 12.2. The number of carbonyl (C=O) groups excluding carboxylic acids is 3. The number of amides is 4. The van der Waals surface area contributed by atoms with Crippen LogP contribution in [-0.2, 0) is 9.59 Å². The molecule has 1 aromatic rings. The van der Waals surface area contributed by atoms with Gasteiger partial charge in [-0.2, -0.15) is 0 Å². The van der Waals surface area contributed by atoms with Crippen molar-refractivity contribution in [2.45, 2.75) is 16.9 Å². The molecule has 21 heavy (non-hydrogen) atoms. The Labute approximate surface area is 125 Å². The van der Waals surface area contributed by atoms with Gasteiger partial charge in [0.2, 0.25) is 5.91 Å². The van der Waals surface area contributed by atoms with Gasteiger partial charge >= 0.3 is 6.03 Å². The number of aromatic nitrogens is 1. The Balaban J connectivity index is 1.58. The summed E-state index contributed by atoms with van der Waals surface area (Å²) in [5.74, 6) is -0.0810. The van der Waals surface area contributed by atoms with Gasteiger partial charge in [-0.05, 0) is 18.6 Å². The highest BCUT2D eigenvalue weighted by Gasteiger charge is 2.51. The van der Waals surface area contributed by atoms with Gasteiger partial charge in [0.25, 0.3) is 5.91 Å². The Hall–Kier alpha value is -2.09. The number of thioether (sulfide) groups is 1. The molecular formula is C13H14N4O3S. The molecule has 2 N–H and O–H groups in total. The lowest BCUT2D eigenvalue weighted by Crippen LogP contribution is -2.49. The van der Waals surface area contributed by atoms with Crippen LogP contribution in [0.2, 0.25) is 0 Å². The summed E-state index contributed by atoms with van der Waals surface area (Å²) in [4.78, 5) is 41.8. The van der Waals surface area contributed by atoms with Crippen molar-refractivity contribution in [2.75, 3.05) is 18.8 Å². The van der Waals surface area contributed by atoms with Gasteiger partial charge in [0.1, 0.15) is 5.54 Å². The fourth-order valence-electron chi connectivity index (χ4n) is 2.51. The molecule has 4 amide bonds. The first kappa shape index (κ1) is 13.9. The molecular weight excluding hydrogens is 292 g/mol. The van der Waals surface area contributed by atoms with Gasteiger partial charge in [0.05, 0.1) is 12.3 Å². The zero-order chi connectivity index (χ0) is 14.9. The molecule has 2 saturated heterocycles. The van der Waals surface area contributed by atoms with E-state index in [-0.39, 0.29) is 18.4 Å². The van der Waals surface area contributed by atoms with Crippen LogP contribution in [0.25, 0.3) is 0 Å². The van der Waals surface area contributed by atoms with Gasteiger partial charge in [0.15, 0.2) is 0 Å². The first-order valence-electron chi connectivity index (χ1n) is 6.53. The summed E-state index contributed by atoms with van der Waals surface area (Å²) in [5, 5.41) is 4.86. The summed E-state index contributed by atoms with van der Waals surface area (Å²) >= 11 is 1.43. The van der Waals surface area contributed by atoms with Crippen LogP contribution in [0.15, 0.2) is 29.4 Å². The second kappa shape index (κ2) is 5.36. The molecule has 0 radical (unpaired) electrons. The van der Waals surface area contributed by atoms with E-state index in [0.29, 0.717) is 18.7 Å². The van der Waals surface area contributed by atoms with Crippen molar-refractivity contribution in [3.05, 3.63) is 24.5 Å². The zero-order valence-electron chi connectivity index (χ0n) is 11.2. The molecule has 0 aromatic carbocycles. The highest BCUT2D eigenvalue weighted by Crippen LogP contribution is 2.26. The number of urea groups is 1. The number of nitrogens with one attached hydrogen (secondary N) is 2. The van der Waals surface area contributed by atoms with Crippen LogP contribution in [-0.4, -0.2) is 52.1 Å². The molecule has 2 aliphatic rings. The Kier molecular flexibility index (Phi) is 3.54. The number of hydrogen-bond donors (Lipinski definition) is 2. The minimum Gasteiger partial charge on any atom is -0.339 e. The average molecular weight is 306 g/mol. The number of nitrogens with zero attached hydrogens (tertiary/aromatic N) is 2. The van der Waals surface area contributed by atoms with Crippen molar-refractivity contribution in [3.63, 3.8) is 0 Å². The molecule has 2 aliphatic heterocycles. The average Bonchev–Trinajstić information content (AvgIpc) is 3.02. The summed E-state index contributed by atoms with van der Waals surface area (Å²) in [6.45, 7) is 0.712. The lowest BCUT2D eigenvalue weighted by Gasteiger charge is -2.21. The fourth-order valence-corrected chi connectivity index (χ4v) is 3.30. The van der Waals surface area contributed by atoms with Crippen molar-refractivity contribution >= 4 is 29.6 Å². The predicted molar refractivity (Wildman–Crippen MR) is 75.6 cm³/mol. The third-order valence-electron chi connectivity index (χ3n) is 3.65. The third-order valence-corrected chi connectivity index (χ3v) is 4.65.